The lowest BCUT2D eigenvalue weighted by atomic mass is 10.3. The first-order chi connectivity index (χ1) is 8.88. The molecule has 0 aliphatic rings. The fraction of sp³-hybridized carbons (Fsp3) is 0.273. The summed E-state index contributed by atoms with van der Waals surface area (Å²) in [5.41, 5.74) is 4.86. The van der Waals surface area contributed by atoms with Crippen LogP contribution in [0, 0.1) is 0 Å². The number of hydrogen-bond donors (Lipinski definition) is 3. The highest BCUT2D eigenvalue weighted by atomic mass is 35.5. The van der Waals surface area contributed by atoms with Crippen LogP contribution >= 0.6 is 23.2 Å². The fourth-order valence-corrected chi connectivity index (χ4v) is 1.65. The molecule has 19 heavy (non-hydrogen) atoms. The van der Waals surface area contributed by atoms with Crippen molar-refractivity contribution in [2.45, 2.75) is 0 Å². The van der Waals surface area contributed by atoms with Crippen LogP contribution < -0.4 is 16.2 Å². The molecule has 104 valence electrons. The number of amides is 3. The van der Waals surface area contributed by atoms with E-state index in [1.165, 1.54) is 6.07 Å². The van der Waals surface area contributed by atoms with Gasteiger partial charge in [-0.15, -0.1) is 0 Å². The number of nitrogens with zero attached hydrogens (tertiary/aromatic N) is 1. The van der Waals surface area contributed by atoms with Gasteiger partial charge in [-0.3, -0.25) is 10.2 Å². The molecule has 1 aromatic rings. The Morgan fingerprint density at radius 2 is 1.89 bits per heavy atom. The molecule has 0 unspecified atom stereocenters. The summed E-state index contributed by atoms with van der Waals surface area (Å²) in [5.74, 6) is -0.331. The van der Waals surface area contributed by atoms with E-state index in [0.29, 0.717) is 15.7 Å². The van der Waals surface area contributed by atoms with Crippen molar-refractivity contribution in [3.63, 3.8) is 0 Å². The van der Waals surface area contributed by atoms with Crippen LogP contribution in [0.15, 0.2) is 18.2 Å². The van der Waals surface area contributed by atoms with Crippen LogP contribution in [-0.4, -0.2) is 37.5 Å². The minimum atomic E-state index is -0.601. The molecule has 0 fully saturated rings. The first-order valence-electron chi connectivity index (χ1n) is 5.34. The summed E-state index contributed by atoms with van der Waals surface area (Å²) < 4.78 is 0. The van der Waals surface area contributed by atoms with Gasteiger partial charge in [0.15, 0.2) is 0 Å². The van der Waals surface area contributed by atoms with Crippen LogP contribution in [0.1, 0.15) is 0 Å². The normalized spacial score (nSPS) is 10.2. The Morgan fingerprint density at radius 1 is 1.21 bits per heavy atom. The average molecular weight is 305 g/mol. The summed E-state index contributed by atoms with van der Waals surface area (Å²) in [6.45, 7) is 0.169. The maximum Gasteiger partial charge on any atom is 0.337 e. The summed E-state index contributed by atoms with van der Waals surface area (Å²) in [4.78, 5) is 24.5. The predicted molar refractivity (Wildman–Crippen MR) is 75.3 cm³/mol. The second-order valence-electron chi connectivity index (χ2n) is 3.99. The van der Waals surface area contributed by atoms with Crippen molar-refractivity contribution in [2.75, 3.05) is 26.0 Å². The fourth-order valence-electron chi connectivity index (χ4n) is 1.20. The summed E-state index contributed by atoms with van der Waals surface area (Å²) in [6.07, 6.45) is 0. The molecule has 6 nitrogen and oxygen atoms in total. The van der Waals surface area contributed by atoms with Gasteiger partial charge in [0.2, 0.25) is 0 Å². The Morgan fingerprint density at radius 3 is 2.47 bits per heavy atom. The molecule has 0 radical (unpaired) electrons. The highest BCUT2D eigenvalue weighted by Gasteiger charge is 2.07. The zero-order valence-electron chi connectivity index (χ0n) is 10.5. The molecular formula is C11H14Cl2N4O2. The molecule has 0 spiro atoms. The number of nitrogens with one attached hydrogen (secondary N) is 3. The molecule has 0 aliphatic heterocycles. The van der Waals surface area contributed by atoms with E-state index in [-0.39, 0.29) is 12.5 Å². The lowest BCUT2D eigenvalue weighted by Gasteiger charge is -2.12. The van der Waals surface area contributed by atoms with Gasteiger partial charge >= 0.3 is 6.03 Å². The molecule has 0 bridgehead atoms. The Balaban J connectivity index is 2.45. The third kappa shape index (κ3) is 5.78. The van der Waals surface area contributed by atoms with Crippen LogP contribution in [0.3, 0.4) is 0 Å². The number of hydrazine groups is 1. The van der Waals surface area contributed by atoms with Crippen molar-refractivity contribution in [3.05, 3.63) is 28.2 Å². The molecule has 0 saturated heterocycles. The molecular weight excluding hydrogens is 291 g/mol. The van der Waals surface area contributed by atoms with Gasteiger partial charge < -0.3 is 10.2 Å². The first kappa shape index (κ1) is 15.6. The number of likely N-dealkylation sites (N-methyl/N-ethyl adjacent to an activating group) is 1. The van der Waals surface area contributed by atoms with E-state index in [1.807, 2.05) is 0 Å². The lowest BCUT2D eigenvalue weighted by molar-refractivity contribution is -0.122. The predicted octanol–water partition coefficient (Wildman–Crippen LogP) is 1.71. The van der Waals surface area contributed by atoms with Gasteiger partial charge in [-0.05, 0) is 32.3 Å². The maximum atomic E-state index is 11.5. The molecule has 0 atom stereocenters. The number of hydrogen-bond acceptors (Lipinski definition) is 3. The third-order valence-corrected chi connectivity index (χ3v) is 2.50. The number of carbonyl (C=O) groups excluding carboxylic acids is 2. The summed E-state index contributed by atoms with van der Waals surface area (Å²) in [7, 11) is 3.49. The molecule has 0 aromatic heterocycles. The van der Waals surface area contributed by atoms with Crippen molar-refractivity contribution in [2.24, 2.45) is 0 Å². The zero-order chi connectivity index (χ0) is 14.4. The third-order valence-electron chi connectivity index (χ3n) is 1.95. The lowest BCUT2D eigenvalue weighted by Crippen LogP contribution is -2.46. The van der Waals surface area contributed by atoms with Crippen molar-refractivity contribution in [1.29, 1.82) is 0 Å². The number of rotatable bonds is 3. The highest BCUT2D eigenvalue weighted by Crippen LogP contribution is 2.24. The second kappa shape index (κ2) is 7.18. The number of urea groups is 1. The van der Waals surface area contributed by atoms with Crippen molar-refractivity contribution >= 4 is 40.8 Å². The SMILES string of the molecule is CN(C)CC(=O)NNC(=O)Nc1ccc(Cl)cc1Cl. The Labute approximate surface area is 121 Å². The highest BCUT2D eigenvalue weighted by molar-refractivity contribution is 6.36. The van der Waals surface area contributed by atoms with Crippen molar-refractivity contribution in [1.82, 2.24) is 15.8 Å². The van der Waals surface area contributed by atoms with Crippen LogP contribution in [0.2, 0.25) is 10.0 Å². The van der Waals surface area contributed by atoms with Crippen molar-refractivity contribution in [3.8, 4) is 0 Å². The van der Waals surface area contributed by atoms with E-state index in [9.17, 15) is 9.59 Å². The average Bonchev–Trinajstić information content (AvgIpc) is 2.29. The van der Waals surface area contributed by atoms with Gasteiger partial charge in [0.05, 0.1) is 17.3 Å². The van der Waals surface area contributed by atoms with E-state index < -0.39 is 6.03 Å². The van der Waals surface area contributed by atoms with Gasteiger partial charge in [0.25, 0.3) is 5.91 Å². The van der Waals surface area contributed by atoms with E-state index >= 15 is 0 Å². The summed E-state index contributed by atoms with van der Waals surface area (Å²) in [6, 6.07) is 4.06. The van der Waals surface area contributed by atoms with Gasteiger partial charge in [0.1, 0.15) is 0 Å². The molecule has 3 N–H and O–H groups in total. The minimum Gasteiger partial charge on any atom is -0.305 e. The summed E-state index contributed by atoms with van der Waals surface area (Å²) >= 11 is 11.6. The Bertz CT molecular complexity index is 480. The van der Waals surface area contributed by atoms with E-state index in [2.05, 4.69) is 16.2 Å². The van der Waals surface area contributed by atoms with E-state index in [0.717, 1.165) is 0 Å². The first-order valence-corrected chi connectivity index (χ1v) is 6.09. The zero-order valence-corrected chi connectivity index (χ0v) is 12.0. The van der Waals surface area contributed by atoms with Gasteiger partial charge in [0, 0.05) is 5.02 Å². The molecule has 8 heteroatoms. The minimum absolute atomic E-state index is 0.169. The standard InChI is InChI=1S/C11H14Cl2N4O2/c1-17(2)6-10(18)15-16-11(19)14-9-4-3-7(12)5-8(9)13/h3-5H,6H2,1-2H3,(H,15,18)(H2,14,16,19). The maximum absolute atomic E-state index is 11.5. The Hall–Kier alpha value is -1.50. The van der Waals surface area contributed by atoms with Gasteiger partial charge in [-0.1, -0.05) is 23.2 Å². The van der Waals surface area contributed by atoms with Crippen LogP contribution in [-0.2, 0) is 4.79 Å². The topological polar surface area (TPSA) is 73.5 Å². The van der Waals surface area contributed by atoms with Crippen LogP contribution in [0.4, 0.5) is 10.5 Å². The van der Waals surface area contributed by atoms with E-state index in [4.69, 9.17) is 23.2 Å². The summed E-state index contributed by atoms with van der Waals surface area (Å²) in [5, 5.41) is 3.25. The molecule has 3 amide bonds. The number of carbonyl (C=O) groups is 2. The molecule has 0 heterocycles. The Kier molecular flexibility index (Phi) is 5.88. The smallest absolute Gasteiger partial charge is 0.305 e. The van der Waals surface area contributed by atoms with Crippen LogP contribution in [0.25, 0.3) is 0 Å². The van der Waals surface area contributed by atoms with E-state index in [1.54, 1.807) is 31.1 Å². The van der Waals surface area contributed by atoms with Crippen molar-refractivity contribution < 1.29 is 9.59 Å². The second-order valence-corrected chi connectivity index (χ2v) is 4.83. The molecule has 1 rings (SSSR count). The monoisotopic (exact) mass is 304 g/mol. The molecule has 0 aliphatic carbocycles. The quantitative estimate of drug-likeness (QED) is 0.744. The number of anilines is 1. The van der Waals surface area contributed by atoms with Crippen LogP contribution in [0.5, 0.6) is 0 Å². The van der Waals surface area contributed by atoms with Gasteiger partial charge in [-0.25, -0.2) is 10.2 Å². The van der Waals surface area contributed by atoms with Gasteiger partial charge in [-0.2, -0.15) is 0 Å². The molecule has 0 saturated carbocycles. The molecule has 1 aromatic carbocycles. The number of halogens is 2. The largest absolute Gasteiger partial charge is 0.337 e. The number of benzene rings is 1.